The molecule has 0 saturated carbocycles. The molecule has 752 valence electrons. The molecule has 29 nitrogen and oxygen atoms in total. The number of benzene rings is 12. The van der Waals surface area contributed by atoms with Gasteiger partial charge in [0.2, 0.25) is 0 Å². The van der Waals surface area contributed by atoms with Crippen molar-refractivity contribution in [3.8, 4) is 17.2 Å². The van der Waals surface area contributed by atoms with Crippen LogP contribution in [0.5, 0.6) is 17.2 Å². The molecule has 0 atom stereocenters. The van der Waals surface area contributed by atoms with Crippen molar-refractivity contribution < 1.29 is 99.6 Å². The van der Waals surface area contributed by atoms with Gasteiger partial charge in [0.15, 0.2) is 0 Å². The molecule has 12 aromatic rings. The van der Waals surface area contributed by atoms with E-state index in [9.17, 15) is 47.5 Å². The van der Waals surface area contributed by atoms with Crippen molar-refractivity contribution in [3.05, 3.63) is 383 Å². The molecule has 9 amide bonds. The highest BCUT2D eigenvalue weighted by Crippen LogP contribution is 2.23. The lowest BCUT2D eigenvalue weighted by atomic mass is 10.2. The largest absolute Gasteiger partial charge is 0.497 e. The Morgan fingerprint density at radius 1 is 0.324 bits per heavy atom. The maximum Gasteiger partial charge on any atom is 0.417 e. The predicted molar refractivity (Wildman–Crippen MR) is 563 cm³/mol. The zero-order valence-corrected chi connectivity index (χ0v) is 83.6. The topological polar surface area (TPSA) is 363 Å². The van der Waals surface area contributed by atoms with Crippen molar-refractivity contribution in [1.29, 1.82) is 0 Å². The van der Waals surface area contributed by atoms with E-state index in [1.807, 2.05) is 287 Å². The summed E-state index contributed by atoms with van der Waals surface area (Å²) in [6, 6.07) is 90.5. The highest BCUT2D eigenvalue weighted by Gasteiger charge is 2.13. The third-order valence-corrected chi connectivity index (χ3v) is 18.1. The lowest BCUT2D eigenvalue weighted by molar-refractivity contribution is 0.107. The summed E-state index contributed by atoms with van der Waals surface area (Å²) in [4.78, 5) is 102. The molecular weight excluding hydrogens is 1860 g/mol. The molecule has 9 N–H and O–H groups in total. The monoisotopic (exact) mass is 1980 g/mol. The number of hydrogen-bond acceptors (Lipinski definition) is 20. The lowest BCUT2D eigenvalue weighted by Gasteiger charge is -2.07. The van der Waals surface area contributed by atoms with E-state index in [0.29, 0.717) is 77.2 Å². The number of rotatable bonds is 28. The van der Waals surface area contributed by atoms with Crippen LogP contribution in [0.15, 0.2) is 322 Å². The van der Waals surface area contributed by atoms with Gasteiger partial charge in [-0.3, -0.25) is 47.9 Å². The van der Waals surface area contributed by atoms with E-state index in [1.165, 1.54) is 6.08 Å². The smallest absolute Gasteiger partial charge is 0.417 e. The van der Waals surface area contributed by atoms with Gasteiger partial charge in [-0.25, -0.2) is 47.5 Å². The summed E-state index contributed by atoms with van der Waals surface area (Å²) in [6.45, 7) is 29.3. The minimum atomic E-state index is -0.665. The average Bonchev–Trinajstić information content (AvgIpc) is 0.886. The van der Waals surface area contributed by atoms with Crippen LogP contribution in [0.1, 0.15) is 88.7 Å². The summed E-state index contributed by atoms with van der Waals surface area (Å²) in [5.41, 5.74) is 17.2. The van der Waals surface area contributed by atoms with Crippen LogP contribution in [0.25, 0.3) is 0 Å². The second-order valence-electron chi connectivity index (χ2n) is 30.5. The molecule has 0 saturated heterocycles. The van der Waals surface area contributed by atoms with Gasteiger partial charge in [-0.2, -0.15) is 0 Å². The van der Waals surface area contributed by atoms with Gasteiger partial charge < -0.3 is 52.1 Å². The second-order valence-corrected chi connectivity index (χ2v) is 31.3. The number of methoxy groups -OCH3 is 2. The van der Waals surface area contributed by atoms with Crippen LogP contribution in [0.3, 0.4) is 0 Å². The van der Waals surface area contributed by atoms with Crippen molar-refractivity contribution in [3.63, 3.8) is 0 Å². The number of alkyl halides is 2. The third kappa shape index (κ3) is 57.8. The number of aryl methyl sites for hydroxylation is 9. The van der Waals surface area contributed by atoms with Gasteiger partial charge in [0.1, 0.15) is 50.4 Å². The molecule has 12 rings (SSSR count). The Bertz CT molecular complexity index is 5690. The fraction of sp³-hybridized carbons (Fsp3) is 0.227. The lowest BCUT2D eigenvalue weighted by Crippen LogP contribution is -2.16. The zero-order valence-electron chi connectivity index (χ0n) is 82.1. The van der Waals surface area contributed by atoms with Gasteiger partial charge in [0.05, 0.1) is 32.7 Å². The maximum atomic E-state index is 11.7. The van der Waals surface area contributed by atoms with Gasteiger partial charge in [-0.15, -0.1) is 11.6 Å². The SMILES string of the molecule is C=C(C)OC(=O)Nc1cccc(C)c1.C=CCOC(=O)Nc1cccc(C)c1.CCCCOC(=O)Nc1cccc(C)c1.COCCOC(=O)Nc1cccc(C)c1.COc1ccc(OC(=O)Nc2cccc(C)c2)cc1.Cc1cccc(NC(=O)OCCCCl)c1.Cc1cccc(NC(=O)OCCF)c1.Cc1cccc(NC(=O)OCc2ccccc2)c1.Cc1cccc(NC(=O)Oc2ccc(Cl)cc2)c1. The molecule has 0 aromatic heterocycles. The van der Waals surface area contributed by atoms with E-state index in [0.717, 1.165) is 103 Å². The molecule has 0 unspecified atom stereocenters. The summed E-state index contributed by atoms with van der Waals surface area (Å²) in [5.74, 6) is 2.50. The van der Waals surface area contributed by atoms with E-state index in [2.05, 4.69) is 72.7 Å². The number of unbranched alkanes of at least 4 members (excludes halogenated alkanes) is 1. The summed E-state index contributed by atoms with van der Waals surface area (Å²) in [7, 11) is 3.14. The first-order chi connectivity index (χ1) is 68.2. The molecule has 0 aliphatic rings. The van der Waals surface area contributed by atoms with E-state index in [-0.39, 0.29) is 32.5 Å². The van der Waals surface area contributed by atoms with E-state index in [4.69, 9.17) is 70.6 Å². The Kier molecular flexibility index (Phi) is 58.6. The summed E-state index contributed by atoms with van der Waals surface area (Å²) < 4.78 is 65.6. The van der Waals surface area contributed by atoms with Crippen LogP contribution in [-0.2, 0) is 44.5 Å². The number of carbonyl (C=O) groups is 9. The number of ether oxygens (including phenoxy) is 11. The first-order valence-corrected chi connectivity index (χ1v) is 45.6. The van der Waals surface area contributed by atoms with E-state index >= 15 is 0 Å². The fourth-order valence-electron chi connectivity index (χ4n) is 11.1. The van der Waals surface area contributed by atoms with Gasteiger partial charge in [0.25, 0.3) is 0 Å². The first-order valence-electron chi connectivity index (χ1n) is 44.7. The normalized spacial score (nSPS) is 9.66. The van der Waals surface area contributed by atoms with Crippen LogP contribution in [-0.4, -0.2) is 121 Å². The van der Waals surface area contributed by atoms with Crippen molar-refractivity contribution in [2.24, 2.45) is 0 Å². The van der Waals surface area contributed by atoms with Crippen molar-refractivity contribution >= 4 is 129 Å². The number of carbonyl (C=O) groups excluding carboxylic acids is 9. The van der Waals surface area contributed by atoms with E-state index in [1.54, 1.807) is 93.9 Å². The highest BCUT2D eigenvalue weighted by atomic mass is 35.5. The quantitative estimate of drug-likeness (QED) is 0.00723. The third-order valence-electron chi connectivity index (χ3n) is 17.6. The highest BCUT2D eigenvalue weighted by molar-refractivity contribution is 6.30. The average molecular weight is 1980 g/mol. The van der Waals surface area contributed by atoms with Crippen LogP contribution in [0.2, 0.25) is 5.02 Å². The predicted octanol–water partition coefficient (Wildman–Crippen LogP) is 28.6. The number of halogens is 3. The minimum Gasteiger partial charge on any atom is -0.497 e. The number of allylic oxidation sites excluding steroid dienone is 1. The van der Waals surface area contributed by atoms with Gasteiger partial charge in [-0.1, -0.05) is 184 Å². The van der Waals surface area contributed by atoms with Crippen molar-refractivity contribution in [1.82, 2.24) is 0 Å². The number of amides is 9. The molecular formula is C110H126Cl2FN9O20. The summed E-state index contributed by atoms with van der Waals surface area (Å²) in [5, 5.41) is 24.2. The molecule has 32 heteroatoms. The molecule has 0 aliphatic heterocycles. The molecule has 142 heavy (non-hydrogen) atoms. The fourth-order valence-corrected chi connectivity index (χ4v) is 11.3. The zero-order chi connectivity index (χ0) is 104. The molecule has 0 aliphatic carbocycles. The standard InChI is InChI=1S/C15H15NO3.C15H15NO2.C14H12ClNO2.C12H17NO2.C11H14ClNO2.C11H15NO3.2C11H13NO2.C10H12FNO2/c1-11-4-3-5-12(10-11)16-15(17)19-14-8-6-13(18-2)7-9-14;1-12-6-5-9-14(10-12)16-15(17)18-11-13-7-3-2-4-8-13;1-10-3-2-4-12(9-10)16-14(17)18-13-7-5-11(15)6-8-13;1-3-4-8-15-12(14)13-11-7-5-6-10(2)9-11;1-9-4-2-5-10(8-9)13-11(14)15-7-3-6-12;1-9-4-3-5-10(8-9)12-11(13)15-7-6-14-2;1-8(2)14-11(13)12-10-6-4-5-9(3)7-10;1-3-7-14-11(13)12-10-6-4-5-9(2)8-10;1-8-3-2-4-9(7-8)12-10(13)14-6-5-11/h3-10H,1-2H3,(H,16,17);2-10H,11H2,1H3,(H,16,17);2-9H,1H3,(H,16,17);5-7,9H,3-4,8H2,1-2H3,(H,13,14);2,4-5,8H,3,6-7H2,1H3,(H,13,14);3-5,8H,6-7H2,1-2H3,(H,12,13);4-7H,1H2,2-3H3,(H,12,13);3-6,8H,1,7H2,2H3,(H,12,13);2-4,7H,5-6H2,1H3,(H,12,13). The molecule has 0 radical (unpaired) electrons. The Morgan fingerprint density at radius 3 is 0.880 bits per heavy atom. The second kappa shape index (κ2) is 70.4. The molecule has 0 heterocycles. The van der Waals surface area contributed by atoms with Gasteiger partial charge in [0, 0.05) is 69.2 Å². The van der Waals surface area contributed by atoms with Gasteiger partial charge in [-0.05, 0) is 295 Å². The molecule has 0 spiro atoms. The number of anilines is 9. The molecule has 0 fully saturated rings. The maximum absolute atomic E-state index is 11.7. The minimum absolute atomic E-state index is 0.211. The first kappa shape index (κ1) is 118. The van der Waals surface area contributed by atoms with Crippen LogP contribution in [0.4, 0.5) is 98.7 Å². The van der Waals surface area contributed by atoms with Crippen molar-refractivity contribution in [2.75, 3.05) is 114 Å². The molecule has 12 aromatic carbocycles. The number of nitrogens with one attached hydrogen (secondary N) is 9. The summed E-state index contributed by atoms with van der Waals surface area (Å²) in [6.07, 6.45) is -0.246. The van der Waals surface area contributed by atoms with Crippen LogP contribution >= 0.6 is 23.2 Å². The Balaban J connectivity index is 0.000000334. The van der Waals surface area contributed by atoms with Gasteiger partial charge >= 0.3 is 54.8 Å². The Morgan fingerprint density at radius 2 is 0.599 bits per heavy atom. The Labute approximate surface area is 840 Å². The molecule has 0 bridgehead atoms. The Hall–Kier alpha value is -16.2. The number of hydrogen-bond donors (Lipinski definition) is 9. The van der Waals surface area contributed by atoms with E-state index < -0.39 is 55.4 Å². The van der Waals surface area contributed by atoms with Crippen LogP contribution in [0, 0.1) is 62.3 Å². The van der Waals surface area contributed by atoms with Crippen molar-refractivity contribution in [2.45, 2.75) is 102 Å². The van der Waals surface area contributed by atoms with Crippen LogP contribution < -0.4 is 62.1 Å². The summed E-state index contributed by atoms with van der Waals surface area (Å²) >= 11 is 11.2.